The Labute approximate surface area is 121 Å². The minimum Gasteiger partial charge on any atom is -0.389 e. The second kappa shape index (κ2) is 7.02. The Morgan fingerprint density at radius 2 is 2.00 bits per heavy atom. The predicted octanol–water partition coefficient (Wildman–Crippen LogP) is 0.819. The highest BCUT2D eigenvalue weighted by atomic mass is 16.3. The van der Waals surface area contributed by atoms with E-state index in [1.54, 1.807) is 13.1 Å². The zero-order chi connectivity index (χ0) is 14.5. The number of anilines is 1. The van der Waals surface area contributed by atoms with Crippen LogP contribution in [0.5, 0.6) is 0 Å². The second-order valence-electron chi connectivity index (χ2n) is 5.72. The molecule has 1 aromatic heterocycles. The first-order valence-electron chi connectivity index (χ1n) is 7.33. The van der Waals surface area contributed by atoms with Crippen LogP contribution in [-0.4, -0.2) is 73.3 Å². The fourth-order valence-electron chi connectivity index (χ4n) is 2.52. The van der Waals surface area contributed by atoms with Gasteiger partial charge in [-0.05, 0) is 27.1 Å². The molecule has 2 rings (SSSR count). The molecule has 0 saturated carbocycles. The predicted molar refractivity (Wildman–Crippen MR) is 82.1 cm³/mol. The van der Waals surface area contributed by atoms with Crippen LogP contribution in [0.4, 0.5) is 5.82 Å². The van der Waals surface area contributed by atoms with Gasteiger partial charge in [-0.2, -0.15) is 0 Å². The Morgan fingerprint density at radius 1 is 1.30 bits per heavy atom. The maximum absolute atomic E-state index is 9.85. The van der Waals surface area contributed by atoms with E-state index in [2.05, 4.69) is 33.8 Å². The Hall–Kier alpha value is -1.17. The molecule has 2 heterocycles. The van der Waals surface area contributed by atoms with Gasteiger partial charge in [-0.15, -0.1) is 0 Å². The van der Waals surface area contributed by atoms with Crippen LogP contribution >= 0.6 is 0 Å². The molecule has 1 aliphatic rings. The molecule has 5 nitrogen and oxygen atoms in total. The zero-order valence-corrected chi connectivity index (χ0v) is 12.8. The molecular weight excluding hydrogens is 252 g/mol. The third-order valence-electron chi connectivity index (χ3n) is 3.80. The van der Waals surface area contributed by atoms with Crippen LogP contribution in [0.25, 0.3) is 0 Å². The van der Waals surface area contributed by atoms with Gasteiger partial charge >= 0.3 is 0 Å². The minimum absolute atomic E-state index is 0.467. The van der Waals surface area contributed by atoms with Crippen LogP contribution < -0.4 is 4.90 Å². The summed E-state index contributed by atoms with van der Waals surface area (Å²) in [6.07, 6.45) is 1.34. The molecule has 5 heteroatoms. The average Bonchev–Trinajstić information content (AvgIpc) is 2.45. The number of aliphatic hydroxyl groups excluding tert-OH is 1. The standard InChI is InChI=1S/C15H26N4O/c1-13(20)14-5-4-6-16-15(14)19-11-9-18(10-12-19)8-7-17(2)3/h4-6,13,20H,7-12H2,1-3H3/t13-/m0/s1. The van der Waals surface area contributed by atoms with Crippen LogP contribution in [0.1, 0.15) is 18.6 Å². The highest BCUT2D eigenvalue weighted by Gasteiger charge is 2.21. The molecule has 1 aromatic rings. The Morgan fingerprint density at radius 3 is 2.60 bits per heavy atom. The fraction of sp³-hybridized carbons (Fsp3) is 0.667. The van der Waals surface area contributed by atoms with Crippen LogP contribution in [0.3, 0.4) is 0 Å². The van der Waals surface area contributed by atoms with Gasteiger partial charge in [-0.25, -0.2) is 4.98 Å². The van der Waals surface area contributed by atoms with E-state index in [0.29, 0.717) is 0 Å². The van der Waals surface area contributed by atoms with Gasteiger partial charge in [0.1, 0.15) is 5.82 Å². The van der Waals surface area contributed by atoms with Gasteiger partial charge in [-0.1, -0.05) is 6.07 Å². The normalized spacial score (nSPS) is 18.6. The molecule has 1 fully saturated rings. The molecule has 0 aromatic carbocycles. The molecule has 0 spiro atoms. The fourth-order valence-corrected chi connectivity index (χ4v) is 2.52. The maximum Gasteiger partial charge on any atom is 0.134 e. The summed E-state index contributed by atoms with van der Waals surface area (Å²) >= 11 is 0. The summed E-state index contributed by atoms with van der Waals surface area (Å²) in [5, 5.41) is 9.85. The molecule has 0 aliphatic carbocycles. The number of piperazine rings is 1. The van der Waals surface area contributed by atoms with Crippen LogP contribution in [0.2, 0.25) is 0 Å². The van der Waals surface area contributed by atoms with Crippen molar-refractivity contribution in [2.24, 2.45) is 0 Å². The van der Waals surface area contributed by atoms with Gasteiger partial charge in [0, 0.05) is 51.0 Å². The largest absolute Gasteiger partial charge is 0.389 e. The first-order valence-corrected chi connectivity index (χ1v) is 7.33. The lowest BCUT2D eigenvalue weighted by molar-refractivity contribution is 0.198. The van der Waals surface area contributed by atoms with E-state index < -0.39 is 6.10 Å². The van der Waals surface area contributed by atoms with Crippen molar-refractivity contribution in [2.45, 2.75) is 13.0 Å². The van der Waals surface area contributed by atoms with E-state index in [9.17, 15) is 5.11 Å². The number of aliphatic hydroxyl groups is 1. The summed E-state index contributed by atoms with van der Waals surface area (Å²) in [6, 6.07) is 3.85. The molecule has 20 heavy (non-hydrogen) atoms. The van der Waals surface area contributed by atoms with Crippen LogP contribution in [0.15, 0.2) is 18.3 Å². The smallest absolute Gasteiger partial charge is 0.134 e. The molecule has 1 saturated heterocycles. The third kappa shape index (κ3) is 3.91. The van der Waals surface area contributed by atoms with Gasteiger partial charge in [0.15, 0.2) is 0 Å². The first-order chi connectivity index (χ1) is 9.58. The molecule has 0 amide bonds. The molecular formula is C15H26N4O. The highest BCUT2D eigenvalue weighted by molar-refractivity contribution is 5.48. The van der Waals surface area contributed by atoms with Gasteiger partial charge in [0.2, 0.25) is 0 Å². The molecule has 1 aliphatic heterocycles. The Balaban J connectivity index is 1.94. The highest BCUT2D eigenvalue weighted by Crippen LogP contribution is 2.24. The number of hydrogen-bond acceptors (Lipinski definition) is 5. The topological polar surface area (TPSA) is 42.8 Å². The van der Waals surface area contributed by atoms with Gasteiger partial charge in [-0.3, -0.25) is 4.90 Å². The summed E-state index contributed by atoms with van der Waals surface area (Å²) in [6.45, 7) is 8.09. The molecule has 0 unspecified atom stereocenters. The average molecular weight is 278 g/mol. The number of rotatable bonds is 5. The first kappa shape index (κ1) is 15.2. The number of hydrogen-bond donors (Lipinski definition) is 1. The van der Waals surface area contributed by atoms with Crippen molar-refractivity contribution in [3.05, 3.63) is 23.9 Å². The molecule has 0 bridgehead atoms. The summed E-state index contributed by atoms with van der Waals surface area (Å²) < 4.78 is 0. The quantitative estimate of drug-likeness (QED) is 0.864. The lowest BCUT2D eigenvalue weighted by atomic mass is 10.1. The van der Waals surface area contributed by atoms with E-state index in [4.69, 9.17) is 0 Å². The molecule has 1 atom stereocenters. The second-order valence-corrected chi connectivity index (χ2v) is 5.72. The summed E-state index contributed by atoms with van der Waals surface area (Å²) in [4.78, 5) is 11.5. The van der Waals surface area contributed by atoms with Crippen molar-refractivity contribution < 1.29 is 5.11 Å². The van der Waals surface area contributed by atoms with E-state index in [-0.39, 0.29) is 0 Å². The van der Waals surface area contributed by atoms with Crippen molar-refractivity contribution in [2.75, 3.05) is 58.3 Å². The number of nitrogens with zero attached hydrogens (tertiary/aromatic N) is 4. The number of pyridine rings is 1. The van der Waals surface area contributed by atoms with Crippen molar-refractivity contribution in [1.82, 2.24) is 14.8 Å². The Kier molecular flexibility index (Phi) is 5.34. The molecule has 0 radical (unpaired) electrons. The van der Waals surface area contributed by atoms with E-state index >= 15 is 0 Å². The Bertz CT molecular complexity index is 414. The van der Waals surface area contributed by atoms with Gasteiger partial charge in [0.25, 0.3) is 0 Å². The molecule has 1 N–H and O–H groups in total. The van der Waals surface area contributed by atoms with Crippen molar-refractivity contribution in [3.63, 3.8) is 0 Å². The number of likely N-dealkylation sites (N-methyl/N-ethyl adjacent to an activating group) is 1. The van der Waals surface area contributed by atoms with Crippen LogP contribution in [-0.2, 0) is 0 Å². The van der Waals surface area contributed by atoms with E-state index in [1.807, 2.05) is 12.1 Å². The lowest BCUT2D eigenvalue weighted by Crippen LogP contribution is -2.48. The zero-order valence-electron chi connectivity index (χ0n) is 12.8. The van der Waals surface area contributed by atoms with E-state index in [1.165, 1.54) is 0 Å². The van der Waals surface area contributed by atoms with Gasteiger partial charge in [0.05, 0.1) is 6.10 Å². The van der Waals surface area contributed by atoms with Crippen molar-refractivity contribution in [3.8, 4) is 0 Å². The van der Waals surface area contributed by atoms with E-state index in [0.717, 1.165) is 50.6 Å². The third-order valence-corrected chi connectivity index (χ3v) is 3.80. The summed E-state index contributed by atoms with van der Waals surface area (Å²) in [5.74, 6) is 0.940. The maximum atomic E-state index is 9.85. The van der Waals surface area contributed by atoms with Gasteiger partial charge < -0.3 is 14.9 Å². The SMILES string of the molecule is C[C@H](O)c1cccnc1N1CCN(CCN(C)C)CC1. The van der Waals surface area contributed by atoms with Crippen molar-refractivity contribution in [1.29, 1.82) is 0 Å². The summed E-state index contributed by atoms with van der Waals surface area (Å²) in [5.41, 5.74) is 0.925. The van der Waals surface area contributed by atoms with Crippen LogP contribution in [0, 0.1) is 0 Å². The summed E-state index contributed by atoms with van der Waals surface area (Å²) in [7, 11) is 4.22. The number of aromatic nitrogens is 1. The van der Waals surface area contributed by atoms with Crippen molar-refractivity contribution >= 4 is 5.82 Å². The molecule has 112 valence electrons. The monoisotopic (exact) mass is 278 g/mol. The minimum atomic E-state index is -0.467. The lowest BCUT2D eigenvalue weighted by Gasteiger charge is -2.36.